The van der Waals surface area contributed by atoms with Crippen molar-refractivity contribution in [2.24, 2.45) is 0 Å². The first-order valence-corrected chi connectivity index (χ1v) is 13.9. The van der Waals surface area contributed by atoms with E-state index in [4.69, 9.17) is 0 Å². The predicted octanol–water partition coefficient (Wildman–Crippen LogP) is 6.78. The Bertz CT molecular complexity index is 1500. The van der Waals surface area contributed by atoms with Crippen LogP contribution >= 0.6 is 39.0 Å². The Labute approximate surface area is 230 Å². The molecule has 1 amide bonds. The number of rotatable bonds is 8. The lowest BCUT2D eigenvalue weighted by molar-refractivity contribution is -0.117. The van der Waals surface area contributed by atoms with Gasteiger partial charge in [-0.05, 0) is 34.9 Å². The van der Waals surface area contributed by atoms with Gasteiger partial charge in [-0.15, -0.1) is 10.2 Å². The summed E-state index contributed by atoms with van der Waals surface area (Å²) in [6, 6.07) is 25.8. The minimum atomic E-state index is -0.849. The molecule has 1 unspecified atom stereocenters. The molecule has 9 heteroatoms. The van der Waals surface area contributed by atoms with Gasteiger partial charge in [0.1, 0.15) is 0 Å². The van der Waals surface area contributed by atoms with E-state index in [1.54, 1.807) is 6.08 Å². The molecule has 5 rings (SSSR count). The van der Waals surface area contributed by atoms with E-state index in [1.165, 1.54) is 34.1 Å². The normalized spacial score (nSPS) is 15.6. The Morgan fingerprint density at radius 1 is 1.03 bits per heavy atom. The van der Waals surface area contributed by atoms with Crippen LogP contribution in [0.5, 0.6) is 0 Å². The number of halogens is 1. The standard InChI is InChI=1S/C28H20BrN3O3S2/c29-21-13-7-12-20(16-21)24-23(22(33)15-14-18-8-3-1-4-9-18)25(34)26(35)32(24)27-30-31-28(37-27)36-17-19-10-5-2-6-11-19/h1-16,24,34H,17H2/b15-14+. The van der Waals surface area contributed by atoms with Gasteiger partial charge >= 0.3 is 0 Å². The third-order valence-corrected chi connectivity index (χ3v) is 8.29. The van der Waals surface area contributed by atoms with Crippen molar-refractivity contribution in [1.29, 1.82) is 0 Å². The number of nitrogens with zero attached hydrogens (tertiary/aromatic N) is 3. The third kappa shape index (κ3) is 5.58. The van der Waals surface area contributed by atoms with Crippen molar-refractivity contribution in [3.63, 3.8) is 0 Å². The molecule has 37 heavy (non-hydrogen) atoms. The molecule has 0 aliphatic carbocycles. The first-order valence-electron chi connectivity index (χ1n) is 11.3. The van der Waals surface area contributed by atoms with Crippen LogP contribution < -0.4 is 4.90 Å². The fourth-order valence-corrected chi connectivity index (χ4v) is 6.19. The number of aliphatic hydroxyl groups excluding tert-OH is 1. The Morgan fingerprint density at radius 2 is 1.76 bits per heavy atom. The Balaban J connectivity index is 1.47. The summed E-state index contributed by atoms with van der Waals surface area (Å²) in [5.74, 6) is -1.01. The highest BCUT2D eigenvalue weighted by atomic mass is 79.9. The van der Waals surface area contributed by atoms with Crippen LogP contribution in [0.25, 0.3) is 6.08 Å². The number of hydrogen-bond acceptors (Lipinski definition) is 7. The summed E-state index contributed by atoms with van der Waals surface area (Å²) in [7, 11) is 0. The Kier molecular flexibility index (Phi) is 7.64. The first kappa shape index (κ1) is 25.1. The average Bonchev–Trinajstić information content (AvgIpc) is 3.49. The number of carbonyl (C=O) groups excluding carboxylic acids is 2. The van der Waals surface area contributed by atoms with Gasteiger partial charge < -0.3 is 5.11 Å². The molecule has 0 saturated heterocycles. The van der Waals surface area contributed by atoms with Crippen LogP contribution in [0.2, 0.25) is 0 Å². The van der Waals surface area contributed by atoms with E-state index in [9.17, 15) is 14.7 Å². The second-order valence-corrected chi connectivity index (χ2v) is 11.2. The number of hydrogen-bond donors (Lipinski definition) is 1. The fourth-order valence-electron chi connectivity index (χ4n) is 3.95. The van der Waals surface area contributed by atoms with Gasteiger partial charge in [-0.1, -0.05) is 118 Å². The van der Waals surface area contributed by atoms with E-state index in [0.717, 1.165) is 15.6 Å². The number of aliphatic hydroxyl groups is 1. The summed E-state index contributed by atoms with van der Waals surface area (Å²) < 4.78 is 1.47. The van der Waals surface area contributed by atoms with E-state index in [2.05, 4.69) is 26.1 Å². The van der Waals surface area contributed by atoms with E-state index in [0.29, 0.717) is 20.8 Å². The van der Waals surface area contributed by atoms with Gasteiger partial charge in [0, 0.05) is 10.2 Å². The van der Waals surface area contributed by atoms with E-state index in [1.807, 2.05) is 84.9 Å². The minimum Gasteiger partial charge on any atom is -0.503 e. The summed E-state index contributed by atoms with van der Waals surface area (Å²) in [5, 5.41) is 19.7. The molecule has 1 aliphatic heterocycles. The van der Waals surface area contributed by atoms with Gasteiger partial charge in [0.15, 0.2) is 15.9 Å². The lowest BCUT2D eigenvalue weighted by atomic mass is 9.96. The van der Waals surface area contributed by atoms with Gasteiger partial charge in [0.2, 0.25) is 5.13 Å². The number of thioether (sulfide) groups is 1. The van der Waals surface area contributed by atoms with Crippen molar-refractivity contribution in [2.45, 2.75) is 16.1 Å². The molecular weight excluding hydrogens is 570 g/mol. The maximum atomic E-state index is 13.4. The first-order chi connectivity index (χ1) is 18.0. The van der Waals surface area contributed by atoms with Crippen LogP contribution in [0.3, 0.4) is 0 Å². The monoisotopic (exact) mass is 589 g/mol. The molecule has 0 saturated carbocycles. The number of carbonyl (C=O) groups is 2. The van der Waals surface area contributed by atoms with E-state index in [-0.39, 0.29) is 5.57 Å². The summed E-state index contributed by atoms with van der Waals surface area (Å²) in [6.45, 7) is 0. The molecule has 1 N–H and O–H groups in total. The number of benzene rings is 3. The molecule has 2 heterocycles. The number of allylic oxidation sites excluding steroid dienone is 1. The molecule has 184 valence electrons. The van der Waals surface area contributed by atoms with E-state index < -0.39 is 23.5 Å². The molecule has 3 aromatic carbocycles. The molecular formula is C28H20BrN3O3S2. The number of amides is 1. The minimum absolute atomic E-state index is 0.00368. The second kappa shape index (κ2) is 11.2. The smallest absolute Gasteiger partial charge is 0.296 e. The highest BCUT2D eigenvalue weighted by Crippen LogP contribution is 2.43. The highest BCUT2D eigenvalue weighted by molar-refractivity contribution is 9.10. The molecule has 1 aliphatic rings. The highest BCUT2D eigenvalue weighted by Gasteiger charge is 2.45. The molecule has 0 bridgehead atoms. The molecule has 0 spiro atoms. The van der Waals surface area contributed by atoms with Crippen LogP contribution in [0.15, 0.2) is 111 Å². The average molecular weight is 591 g/mol. The molecule has 1 aromatic heterocycles. The van der Waals surface area contributed by atoms with Gasteiger partial charge in [0.25, 0.3) is 5.91 Å². The van der Waals surface area contributed by atoms with Gasteiger partial charge in [0.05, 0.1) is 11.6 Å². The van der Waals surface area contributed by atoms with Crippen molar-refractivity contribution < 1.29 is 14.7 Å². The number of ketones is 1. The third-order valence-electron chi connectivity index (χ3n) is 5.67. The second-order valence-electron chi connectivity index (χ2n) is 8.13. The van der Waals surface area contributed by atoms with Crippen LogP contribution in [0, 0.1) is 0 Å². The van der Waals surface area contributed by atoms with Crippen molar-refractivity contribution >= 4 is 61.9 Å². The maximum absolute atomic E-state index is 13.4. The van der Waals surface area contributed by atoms with Crippen molar-refractivity contribution in [2.75, 3.05) is 4.90 Å². The summed E-state index contributed by atoms with van der Waals surface area (Å²) >= 11 is 6.23. The maximum Gasteiger partial charge on any atom is 0.296 e. The lowest BCUT2D eigenvalue weighted by Crippen LogP contribution is -2.30. The number of anilines is 1. The van der Waals surface area contributed by atoms with Crippen LogP contribution in [-0.4, -0.2) is 27.0 Å². The quantitative estimate of drug-likeness (QED) is 0.139. The van der Waals surface area contributed by atoms with Crippen molar-refractivity contribution in [3.8, 4) is 0 Å². The summed E-state index contributed by atoms with van der Waals surface area (Å²) in [4.78, 5) is 28.0. The zero-order valence-electron chi connectivity index (χ0n) is 19.3. The SMILES string of the molecule is O=C(/C=C/c1ccccc1)C1=C(O)C(=O)N(c2nnc(SCc3ccccc3)s2)C1c1cccc(Br)c1. The zero-order valence-corrected chi connectivity index (χ0v) is 22.5. The summed E-state index contributed by atoms with van der Waals surface area (Å²) in [5.41, 5.74) is 2.65. The largest absolute Gasteiger partial charge is 0.503 e. The van der Waals surface area contributed by atoms with Gasteiger partial charge in [-0.2, -0.15) is 0 Å². The Morgan fingerprint density at radius 3 is 2.49 bits per heavy atom. The van der Waals surface area contributed by atoms with Crippen LogP contribution in [0.1, 0.15) is 22.7 Å². The zero-order chi connectivity index (χ0) is 25.8. The molecule has 1 atom stereocenters. The van der Waals surface area contributed by atoms with Gasteiger partial charge in [-0.25, -0.2) is 0 Å². The topological polar surface area (TPSA) is 83.4 Å². The number of aromatic nitrogens is 2. The van der Waals surface area contributed by atoms with Crippen molar-refractivity contribution in [3.05, 3.63) is 124 Å². The molecule has 0 radical (unpaired) electrons. The fraction of sp³-hybridized carbons (Fsp3) is 0.0714. The lowest BCUT2D eigenvalue weighted by Gasteiger charge is -2.23. The van der Waals surface area contributed by atoms with Crippen LogP contribution in [0.4, 0.5) is 5.13 Å². The van der Waals surface area contributed by atoms with Crippen LogP contribution in [-0.2, 0) is 15.3 Å². The molecule has 6 nitrogen and oxygen atoms in total. The van der Waals surface area contributed by atoms with Crippen molar-refractivity contribution in [1.82, 2.24) is 10.2 Å². The molecule has 4 aromatic rings. The van der Waals surface area contributed by atoms with Gasteiger partial charge in [-0.3, -0.25) is 14.5 Å². The van der Waals surface area contributed by atoms with E-state index >= 15 is 0 Å². The summed E-state index contributed by atoms with van der Waals surface area (Å²) in [6.07, 6.45) is 3.04. The molecule has 0 fully saturated rings. The Hall–Kier alpha value is -3.53. The predicted molar refractivity (Wildman–Crippen MR) is 150 cm³/mol.